The summed E-state index contributed by atoms with van der Waals surface area (Å²) < 4.78 is 0. The van der Waals surface area contributed by atoms with Crippen LogP contribution in [0.3, 0.4) is 0 Å². The third kappa shape index (κ3) is 5.01. The highest BCUT2D eigenvalue weighted by molar-refractivity contribution is 7.99. The summed E-state index contributed by atoms with van der Waals surface area (Å²) in [4.78, 5) is 27.3. The first kappa shape index (κ1) is 20.0. The van der Waals surface area contributed by atoms with Crippen LogP contribution in [0.25, 0.3) is 11.1 Å². The Morgan fingerprint density at radius 2 is 1.59 bits per heavy atom. The molecule has 1 aliphatic rings. The highest BCUT2D eigenvalue weighted by Gasteiger charge is 2.19. The molecular formula is C20H22ClN7S. The van der Waals surface area contributed by atoms with Crippen LogP contribution in [0.4, 0.5) is 5.95 Å². The normalized spacial score (nSPS) is 14.9. The number of rotatable bonds is 5. The summed E-state index contributed by atoms with van der Waals surface area (Å²) in [5, 5.41) is 1.95. The van der Waals surface area contributed by atoms with Crippen molar-refractivity contribution in [1.29, 1.82) is 0 Å². The first-order valence-corrected chi connectivity index (χ1v) is 10.7. The molecule has 1 saturated heterocycles. The van der Waals surface area contributed by atoms with E-state index in [4.69, 9.17) is 11.6 Å². The lowest BCUT2D eigenvalue weighted by Crippen LogP contribution is -2.45. The number of anilines is 1. The molecule has 0 N–H and O–H groups in total. The summed E-state index contributed by atoms with van der Waals surface area (Å²) in [5.74, 6) is 1.53. The van der Waals surface area contributed by atoms with Gasteiger partial charge in [-0.1, -0.05) is 30.7 Å². The molecule has 0 saturated carbocycles. The Labute approximate surface area is 179 Å². The second-order valence-electron chi connectivity index (χ2n) is 6.84. The second-order valence-corrected chi connectivity index (χ2v) is 8.21. The summed E-state index contributed by atoms with van der Waals surface area (Å²) in [7, 11) is 2.13. The second kappa shape index (κ2) is 9.02. The van der Waals surface area contributed by atoms with Gasteiger partial charge in [0.15, 0.2) is 5.16 Å². The van der Waals surface area contributed by atoms with Gasteiger partial charge >= 0.3 is 0 Å². The van der Waals surface area contributed by atoms with E-state index in [0.717, 1.165) is 55.5 Å². The van der Waals surface area contributed by atoms with Gasteiger partial charge in [0.05, 0.1) is 0 Å². The maximum atomic E-state index is 5.96. The summed E-state index contributed by atoms with van der Waals surface area (Å²) in [5.41, 5.74) is 1.96. The van der Waals surface area contributed by atoms with Gasteiger partial charge in [-0.15, -0.1) is 0 Å². The predicted molar refractivity (Wildman–Crippen MR) is 116 cm³/mol. The summed E-state index contributed by atoms with van der Waals surface area (Å²) in [6.45, 7) is 5.89. The fourth-order valence-corrected chi connectivity index (χ4v) is 3.76. The van der Waals surface area contributed by atoms with E-state index >= 15 is 0 Å². The molecule has 3 heterocycles. The van der Waals surface area contributed by atoms with Crippen molar-refractivity contribution in [1.82, 2.24) is 29.8 Å². The van der Waals surface area contributed by atoms with Crippen LogP contribution in [0.15, 0.2) is 47.0 Å². The molecule has 0 unspecified atom stereocenters. The van der Waals surface area contributed by atoms with E-state index in [9.17, 15) is 0 Å². The number of nitrogens with zero attached hydrogens (tertiary/aromatic N) is 7. The molecular weight excluding hydrogens is 406 g/mol. The van der Waals surface area contributed by atoms with E-state index in [2.05, 4.69) is 48.7 Å². The first-order valence-electron chi connectivity index (χ1n) is 9.55. The van der Waals surface area contributed by atoms with Crippen molar-refractivity contribution in [3.8, 4) is 11.1 Å². The maximum absolute atomic E-state index is 5.96. The number of hydrogen-bond donors (Lipinski definition) is 0. The van der Waals surface area contributed by atoms with E-state index in [-0.39, 0.29) is 0 Å². The molecule has 29 heavy (non-hydrogen) atoms. The highest BCUT2D eigenvalue weighted by Crippen LogP contribution is 2.25. The van der Waals surface area contributed by atoms with Crippen LogP contribution in [0.5, 0.6) is 0 Å². The lowest BCUT2D eigenvalue weighted by molar-refractivity contribution is 0.310. The molecule has 9 heteroatoms. The zero-order valence-corrected chi connectivity index (χ0v) is 18.0. The molecule has 0 spiro atoms. The minimum absolute atomic E-state index is 0.611. The standard InChI is InChI=1S/C20H22ClN7S/c1-3-17-24-18(28-10-8-27(2)9-11-28)26-20(25-17)29-19-22-12-15(13-23-19)14-4-6-16(21)7-5-14/h4-7,12-13H,3,8-11H2,1-2H3. The van der Waals surface area contributed by atoms with Crippen molar-refractivity contribution in [3.63, 3.8) is 0 Å². The number of hydrogen-bond acceptors (Lipinski definition) is 8. The first-order chi connectivity index (χ1) is 14.1. The maximum Gasteiger partial charge on any atom is 0.229 e. The van der Waals surface area contributed by atoms with Crippen molar-refractivity contribution in [2.45, 2.75) is 23.7 Å². The van der Waals surface area contributed by atoms with Gasteiger partial charge in [0.2, 0.25) is 11.1 Å². The largest absolute Gasteiger partial charge is 0.338 e. The van der Waals surface area contributed by atoms with Crippen LogP contribution in [0.1, 0.15) is 12.7 Å². The minimum atomic E-state index is 0.611. The molecule has 7 nitrogen and oxygen atoms in total. The van der Waals surface area contributed by atoms with Crippen molar-refractivity contribution < 1.29 is 0 Å². The van der Waals surface area contributed by atoms with Gasteiger partial charge in [-0.2, -0.15) is 9.97 Å². The van der Waals surface area contributed by atoms with Gasteiger partial charge in [-0.05, 0) is 36.5 Å². The van der Waals surface area contributed by atoms with Gasteiger partial charge in [0, 0.05) is 55.6 Å². The summed E-state index contributed by atoms with van der Waals surface area (Å²) >= 11 is 7.32. The number of aryl methyl sites for hydroxylation is 1. The third-order valence-electron chi connectivity index (χ3n) is 4.74. The van der Waals surface area contributed by atoms with Crippen molar-refractivity contribution >= 4 is 29.3 Å². The number of aromatic nitrogens is 5. The SMILES string of the molecule is CCc1nc(Sc2ncc(-c3ccc(Cl)cc3)cn2)nc(N2CCN(C)CC2)n1. The van der Waals surface area contributed by atoms with Crippen LogP contribution in [0, 0.1) is 0 Å². The number of benzene rings is 1. The van der Waals surface area contributed by atoms with Gasteiger partial charge in [0.25, 0.3) is 0 Å². The van der Waals surface area contributed by atoms with E-state index in [1.54, 1.807) is 0 Å². The van der Waals surface area contributed by atoms with Crippen LogP contribution in [-0.2, 0) is 6.42 Å². The summed E-state index contributed by atoms with van der Waals surface area (Å²) in [6.07, 6.45) is 4.37. The molecule has 0 bridgehead atoms. The van der Waals surface area contributed by atoms with Crippen LogP contribution in [-0.4, -0.2) is 63.0 Å². The Hall–Kier alpha value is -2.29. The average molecular weight is 428 g/mol. The number of piperazine rings is 1. The minimum Gasteiger partial charge on any atom is -0.338 e. The molecule has 0 amide bonds. The Balaban J connectivity index is 1.52. The van der Waals surface area contributed by atoms with Crippen LogP contribution < -0.4 is 4.90 Å². The Kier molecular flexibility index (Phi) is 6.22. The van der Waals surface area contributed by atoms with E-state index in [0.29, 0.717) is 15.3 Å². The zero-order chi connectivity index (χ0) is 20.2. The summed E-state index contributed by atoms with van der Waals surface area (Å²) in [6, 6.07) is 7.62. The fraction of sp³-hybridized carbons (Fsp3) is 0.350. The molecule has 0 aliphatic carbocycles. The number of halogens is 1. The lowest BCUT2D eigenvalue weighted by Gasteiger charge is -2.32. The quantitative estimate of drug-likeness (QED) is 0.573. The van der Waals surface area contributed by atoms with Gasteiger partial charge < -0.3 is 9.80 Å². The van der Waals surface area contributed by atoms with E-state index in [1.807, 2.05) is 36.7 Å². The molecule has 0 atom stereocenters. The van der Waals surface area contributed by atoms with Crippen molar-refractivity contribution in [3.05, 3.63) is 47.5 Å². The molecule has 3 aromatic rings. The van der Waals surface area contributed by atoms with E-state index < -0.39 is 0 Å². The molecule has 1 fully saturated rings. The fourth-order valence-electron chi connectivity index (χ4n) is 2.98. The zero-order valence-electron chi connectivity index (χ0n) is 16.4. The molecule has 2 aromatic heterocycles. The average Bonchev–Trinajstić information content (AvgIpc) is 2.75. The predicted octanol–water partition coefficient (Wildman–Crippen LogP) is 3.45. The Bertz CT molecular complexity index is 958. The van der Waals surface area contributed by atoms with Gasteiger partial charge in [-0.25, -0.2) is 15.0 Å². The van der Waals surface area contributed by atoms with Crippen LogP contribution >= 0.6 is 23.4 Å². The van der Waals surface area contributed by atoms with Crippen molar-refractivity contribution in [2.24, 2.45) is 0 Å². The van der Waals surface area contributed by atoms with Gasteiger partial charge in [-0.3, -0.25) is 0 Å². The highest BCUT2D eigenvalue weighted by atomic mass is 35.5. The Morgan fingerprint density at radius 3 is 2.24 bits per heavy atom. The molecule has 0 radical (unpaired) electrons. The van der Waals surface area contributed by atoms with Crippen molar-refractivity contribution in [2.75, 3.05) is 38.1 Å². The van der Waals surface area contributed by atoms with E-state index in [1.165, 1.54) is 11.8 Å². The molecule has 1 aliphatic heterocycles. The molecule has 4 rings (SSSR count). The Morgan fingerprint density at radius 1 is 0.897 bits per heavy atom. The topological polar surface area (TPSA) is 70.9 Å². The molecule has 150 valence electrons. The molecule has 1 aromatic carbocycles. The number of likely N-dealkylation sites (N-methyl/N-ethyl adjacent to an activating group) is 1. The van der Waals surface area contributed by atoms with Gasteiger partial charge in [0.1, 0.15) is 5.82 Å². The third-order valence-corrected chi connectivity index (χ3v) is 5.75. The monoisotopic (exact) mass is 427 g/mol. The van der Waals surface area contributed by atoms with Crippen LogP contribution in [0.2, 0.25) is 5.02 Å². The lowest BCUT2D eigenvalue weighted by atomic mass is 10.1. The smallest absolute Gasteiger partial charge is 0.229 e.